The maximum Gasteiger partial charge on any atom is 0.221 e. The second-order valence-corrected chi connectivity index (χ2v) is 8.35. The van der Waals surface area contributed by atoms with Gasteiger partial charge in [0.25, 0.3) is 0 Å². The highest BCUT2D eigenvalue weighted by Gasteiger charge is 2.25. The third kappa shape index (κ3) is 6.45. The summed E-state index contributed by atoms with van der Waals surface area (Å²) in [4.78, 5) is 23.9. The largest absolute Gasteiger partial charge is 0.488 e. The lowest BCUT2D eigenvalue weighted by Crippen LogP contribution is -2.26. The highest BCUT2D eigenvalue weighted by molar-refractivity contribution is 5.90. The third-order valence-corrected chi connectivity index (χ3v) is 5.53. The van der Waals surface area contributed by atoms with Crippen LogP contribution in [0.4, 0.5) is 5.69 Å². The van der Waals surface area contributed by atoms with E-state index < -0.39 is 0 Å². The molecule has 4 nitrogen and oxygen atoms in total. The lowest BCUT2D eigenvalue weighted by Gasteiger charge is -2.29. The number of nitrogens with one attached hydrogen (secondary N) is 1. The van der Waals surface area contributed by atoms with Gasteiger partial charge in [0, 0.05) is 19.8 Å². The van der Waals surface area contributed by atoms with Gasteiger partial charge in [-0.15, -0.1) is 0 Å². The molecule has 0 aliphatic heterocycles. The van der Waals surface area contributed by atoms with E-state index in [-0.39, 0.29) is 12.0 Å². The maximum atomic E-state index is 12.5. The zero-order valence-corrected chi connectivity index (χ0v) is 17.7. The molecule has 0 heterocycles. The van der Waals surface area contributed by atoms with Gasteiger partial charge in [-0.25, -0.2) is 0 Å². The molecule has 0 radical (unpaired) electrons. The number of benzene rings is 2. The Labute approximate surface area is 173 Å². The van der Waals surface area contributed by atoms with Gasteiger partial charge in [-0.1, -0.05) is 35.9 Å². The Bertz CT molecular complexity index is 866. The van der Waals surface area contributed by atoms with Crippen molar-refractivity contribution < 1.29 is 14.3 Å². The van der Waals surface area contributed by atoms with Crippen molar-refractivity contribution in [1.82, 2.24) is 0 Å². The normalized spacial score (nSPS) is 18.9. The molecule has 2 aromatic rings. The van der Waals surface area contributed by atoms with E-state index >= 15 is 0 Å². The van der Waals surface area contributed by atoms with Crippen LogP contribution in [0.1, 0.15) is 55.7 Å². The van der Waals surface area contributed by atoms with Crippen LogP contribution in [0.5, 0.6) is 5.75 Å². The van der Waals surface area contributed by atoms with Gasteiger partial charge in [-0.2, -0.15) is 0 Å². The first-order chi connectivity index (χ1) is 13.9. The molecule has 2 aromatic carbocycles. The minimum absolute atomic E-state index is 0.101. The van der Waals surface area contributed by atoms with Gasteiger partial charge < -0.3 is 10.1 Å². The van der Waals surface area contributed by atoms with Crippen LogP contribution in [0, 0.1) is 19.8 Å². The summed E-state index contributed by atoms with van der Waals surface area (Å²) in [5, 5.41) is 2.86. The monoisotopic (exact) mass is 393 g/mol. The number of ether oxygens (including phenoxy) is 1. The lowest BCUT2D eigenvalue weighted by molar-refractivity contribution is -0.119. The first kappa shape index (κ1) is 21.1. The van der Waals surface area contributed by atoms with E-state index in [1.165, 1.54) is 12.5 Å². The van der Waals surface area contributed by atoms with Crippen LogP contribution in [0.15, 0.2) is 42.5 Å². The van der Waals surface area contributed by atoms with Gasteiger partial charge >= 0.3 is 0 Å². The fourth-order valence-corrected chi connectivity index (χ4v) is 4.11. The van der Waals surface area contributed by atoms with Crippen LogP contribution in [0.2, 0.25) is 0 Å². The van der Waals surface area contributed by atoms with Gasteiger partial charge in [0.15, 0.2) is 0 Å². The summed E-state index contributed by atoms with van der Waals surface area (Å²) in [6.07, 6.45) is 5.21. The average molecular weight is 394 g/mol. The summed E-state index contributed by atoms with van der Waals surface area (Å²) in [7, 11) is 0. The molecule has 0 spiro atoms. The first-order valence-electron chi connectivity index (χ1n) is 10.5. The minimum atomic E-state index is -0.101. The molecule has 4 heteroatoms. The number of ketones is 1. The summed E-state index contributed by atoms with van der Waals surface area (Å²) >= 11 is 0. The van der Waals surface area contributed by atoms with Crippen molar-refractivity contribution in [1.29, 1.82) is 0 Å². The van der Waals surface area contributed by atoms with Crippen LogP contribution in [-0.2, 0) is 16.0 Å². The summed E-state index contributed by atoms with van der Waals surface area (Å²) < 4.78 is 6.20. The first-order valence-corrected chi connectivity index (χ1v) is 10.5. The molecule has 1 aliphatic carbocycles. The number of carbonyl (C=O) groups excluding carboxylic acids is 2. The minimum Gasteiger partial charge on any atom is -0.488 e. The maximum absolute atomic E-state index is 12.5. The molecule has 29 heavy (non-hydrogen) atoms. The van der Waals surface area contributed by atoms with Crippen LogP contribution >= 0.6 is 0 Å². The quantitative estimate of drug-likeness (QED) is 0.685. The second kappa shape index (κ2) is 9.73. The van der Waals surface area contributed by atoms with Crippen molar-refractivity contribution >= 4 is 17.4 Å². The Hall–Kier alpha value is -2.62. The molecule has 0 unspecified atom stereocenters. The lowest BCUT2D eigenvalue weighted by atomic mass is 9.83. The van der Waals surface area contributed by atoms with Gasteiger partial charge in [-0.3, -0.25) is 9.59 Å². The molecular formula is C25H31NO3. The number of hydrogen-bond acceptors (Lipinski definition) is 3. The number of amides is 1. The van der Waals surface area contributed by atoms with E-state index in [1.54, 1.807) is 0 Å². The number of hydrogen-bond donors (Lipinski definition) is 1. The van der Waals surface area contributed by atoms with Crippen LogP contribution in [0.3, 0.4) is 0 Å². The Morgan fingerprint density at radius 1 is 1.00 bits per heavy atom. The molecule has 0 aromatic heterocycles. The molecule has 1 saturated carbocycles. The SMILES string of the molecule is CC(=O)Nc1cc(C)ccc1OC1CCC(CC(=O)Cc2cccc(C)c2)CC1. The van der Waals surface area contributed by atoms with E-state index in [9.17, 15) is 9.59 Å². The molecule has 1 amide bonds. The Kier molecular flexibility index (Phi) is 7.08. The highest BCUT2D eigenvalue weighted by atomic mass is 16.5. The molecule has 1 fully saturated rings. The predicted molar refractivity (Wildman–Crippen MR) is 116 cm³/mol. The number of aryl methyl sites for hydroxylation is 2. The molecule has 0 bridgehead atoms. The van der Waals surface area contributed by atoms with Crippen LogP contribution < -0.4 is 10.1 Å². The van der Waals surface area contributed by atoms with Gasteiger partial charge in [0.1, 0.15) is 11.5 Å². The molecular weight excluding hydrogens is 362 g/mol. The number of Topliss-reactive ketones (excluding diaryl/α,β-unsaturated/α-hetero) is 1. The summed E-state index contributed by atoms with van der Waals surface area (Å²) in [5.41, 5.74) is 4.12. The Morgan fingerprint density at radius 3 is 2.41 bits per heavy atom. The van der Waals surface area contributed by atoms with E-state index in [4.69, 9.17) is 4.74 Å². The summed E-state index contributed by atoms with van der Waals surface area (Å²) in [6, 6.07) is 14.1. The van der Waals surface area contributed by atoms with Gasteiger partial charge in [0.2, 0.25) is 5.91 Å². The van der Waals surface area contributed by atoms with Crippen molar-refractivity contribution in [3.05, 3.63) is 59.2 Å². The molecule has 3 rings (SSSR count). The number of carbonyl (C=O) groups is 2. The second-order valence-electron chi connectivity index (χ2n) is 8.35. The summed E-state index contributed by atoms with van der Waals surface area (Å²) in [6.45, 7) is 5.56. The van der Waals surface area contributed by atoms with E-state index in [0.717, 1.165) is 48.2 Å². The zero-order valence-electron chi connectivity index (χ0n) is 17.7. The van der Waals surface area contributed by atoms with Crippen molar-refractivity contribution in [3.63, 3.8) is 0 Å². The highest BCUT2D eigenvalue weighted by Crippen LogP contribution is 2.33. The van der Waals surface area contributed by atoms with Crippen molar-refractivity contribution in [2.24, 2.45) is 5.92 Å². The van der Waals surface area contributed by atoms with Crippen molar-refractivity contribution in [2.45, 2.75) is 65.4 Å². The topological polar surface area (TPSA) is 55.4 Å². The Balaban J connectivity index is 1.49. The predicted octanol–water partition coefficient (Wildman–Crippen LogP) is 5.40. The fraction of sp³-hybridized carbons (Fsp3) is 0.440. The van der Waals surface area contributed by atoms with Crippen LogP contribution in [-0.4, -0.2) is 17.8 Å². The molecule has 1 aliphatic rings. The molecule has 0 saturated heterocycles. The van der Waals surface area contributed by atoms with Crippen LogP contribution in [0.25, 0.3) is 0 Å². The Morgan fingerprint density at radius 2 is 1.72 bits per heavy atom. The molecule has 154 valence electrons. The van der Waals surface area contributed by atoms with E-state index in [1.807, 2.05) is 37.3 Å². The van der Waals surface area contributed by atoms with E-state index in [0.29, 0.717) is 24.5 Å². The van der Waals surface area contributed by atoms with Gasteiger partial charge in [-0.05, 0) is 68.7 Å². The fourth-order valence-electron chi connectivity index (χ4n) is 4.11. The van der Waals surface area contributed by atoms with E-state index in [2.05, 4.69) is 24.4 Å². The molecule has 0 atom stereocenters. The number of rotatable bonds is 7. The molecule has 1 N–H and O–H groups in total. The third-order valence-electron chi connectivity index (χ3n) is 5.53. The number of anilines is 1. The van der Waals surface area contributed by atoms with Gasteiger partial charge in [0.05, 0.1) is 11.8 Å². The standard InChI is InChI=1S/C25H31NO3/c1-17-5-4-6-21(13-17)16-22(28)15-20-8-10-23(11-9-20)29-25-12-7-18(2)14-24(25)26-19(3)27/h4-7,12-14,20,23H,8-11,15-16H2,1-3H3,(H,26,27). The zero-order chi connectivity index (χ0) is 20.8. The van der Waals surface area contributed by atoms with Crippen molar-refractivity contribution in [2.75, 3.05) is 5.32 Å². The smallest absolute Gasteiger partial charge is 0.221 e. The van der Waals surface area contributed by atoms with Crippen molar-refractivity contribution in [3.8, 4) is 5.75 Å². The summed E-state index contributed by atoms with van der Waals surface area (Å²) in [5.74, 6) is 1.40. The average Bonchev–Trinajstić information content (AvgIpc) is 2.65.